The normalized spacial score (nSPS) is 32.5. The van der Waals surface area contributed by atoms with E-state index in [0.29, 0.717) is 0 Å². The summed E-state index contributed by atoms with van der Waals surface area (Å²) in [4.78, 5) is 13.7. The predicted molar refractivity (Wildman–Crippen MR) is 142 cm³/mol. The molecule has 2 fully saturated rings. The summed E-state index contributed by atoms with van der Waals surface area (Å²) in [6.45, 7) is 0.488. The summed E-state index contributed by atoms with van der Waals surface area (Å²) in [5.74, 6) is -5.23. The molecule has 0 aliphatic carbocycles. The number of hydrogen-bond acceptors (Lipinski definition) is 17. The third-order valence-electron chi connectivity index (χ3n) is 7.41. The molecule has 10 atom stereocenters. The quantitative estimate of drug-likeness (QED) is 0.132. The lowest BCUT2D eigenvalue weighted by Crippen LogP contribution is -2.64. The number of fused-ring (bicyclic) bond motifs is 1. The summed E-state index contributed by atoms with van der Waals surface area (Å²) >= 11 is 0. The zero-order chi connectivity index (χ0) is 32.2. The molecule has 44 heavy (non-hydrogen) atoms. The zero-order valence-corrected chi connectivity index (χ0v) is 22.7. The fourth-order valence-electron chi connectivity index (χ4n) is 4.99. The molecular weight excluding hydrogens is 596 g/mol. The van der Waals surface area contributed by atoms with Gasteiger partial charge in [0.05, 0.1) is 12.7 Å². The van der Waals surface area contributed by atoms with Crippen molar-refractivity contribution in [2.45, 2.75) is 68.3 Å². The first-order valence-corrected chi connectivity index (χ1v) is 13.2. The molecule has 3 heterocycles. The second kappa shape index (κ2) is 11.9. The minimum Gasteiger partial charge on any atom is -0.508 e. The summed E-state index contributed by atoms with van der Waals surface area (Å²) < 4.78 is 28.2. The predicted octanol–water partition coefficient (Wildman–Crippen LogP) is -1.98. The van der Waals surface area contributed by atoms with Crippen molar-refractivity contribution in [1.82, 2.24) is 0 Å². The Kier molecular flexibility index (Phi) is 8.51. The minimum absolute atomic E-state index is 0.279. The standard InChI is InChI=1S/C27H30O17/c1-7-16(33)20(37)22(39)26(40-7)44-25-21(38)18(35)14(6-28)42-27(25)43-24-19(36)15-10(30)4-9(29)5-13(15)41-23(24)8-2-11(31)17(34)12(32)3-8/h2-5,7,14,16,18,20-22,25-35,37-39H,6H2,1H3. The van der Waals surface area contributed by atoms with Gasteiger partial charge >= 0.3 is 0 Å². The summed E-state index contributed by atoms with van der Waals surface area (Å²) in [5.41, 5.74) is -1.78. The number of ether oxygens (including phenoxy) is 4. The second-order valence-corrected chi connectivity index (χ2v) is 10.4. The molecule has 0 radical (unpaired) electrons. The third-order valence-corrected chi connectivity index (χ3v) is 7.41. The van der Waals surface area contributed by atoms with E-state index < -0.39 is 119 Å². The highest BCUT2D eigenvalue weighted by molar-refractivity contribution is 5.88. The van der Waals surface area contributed by atoms with Gasteiger partial charge < -0.3 is 79.5 Å². The monoisotopic (exact) mass is 626 g/mol. The molecule has 2 aliphatic heterocycles. The SMILES string of the molecule is CC1OC(OC2C(Oc3c(-c4cc(O)c(O)c(O)c4)oc4cc(O)cc(O)c4c3=O)OC(CO)C(O)C2O)C(O)C(O)C1O. The van der Waals surface area contributed by atoms with Gasteiger partial charge in [-0.15, -0.1) is 0 Å². The Hall–Kier alpha value is -3.91. The maximum absolute atomic E-state index is 13.7. The molecule has 0 amide bonds. The van der Waals surface area contributed by atoms with Crippen molar-refractivity contribution in [3.05, 3.63) is 34.5 Å². The summed E-state index contributed by atoms with van der Waals surface area (Å²) in [5, 5.41) is 112. The van der Waals surface area contributed by atoms with Crippen molar-refractivity contribution < 1.29 is 79.5 Å². The summed E-state index contributed by atoms with van der Waals surface area (Å²) in [6.07, 6.45) is -17.1. The smallest absolute Gasteiger partial charge is 0.239 e. The van der Waals surface area contributed by atoms with Crippen molar-refractivity contribution >= 4 is 11.0 Å². The van der Waals surface area contributed by atoms with E-state index in [1.165, 1.54) is 6.92 Å². The molecule has 0 saturated carbocycles. The summed E-state index contributed by atoms with van der Waals surface area (Å²) in [7, 11) is 0. The molecule has 17 nitrogen and oxygen atoms in total. The molecule has 0 spiro atoms. The number of benzene rings is 2. The van der Waals surface area contributed by atoms with Crippen LogP contribution in [0.4, 0.5) is 0 Å². The first-order chi connectivity index (χ1) is 20.7. The van der Waals surface area contributed by atoms with E-state index in [0.717, 1.165) is 24.3 Å². The Morgan fingerprint density at radius 3 is 2.07 bits per heavy atom. The zero-order valence-electron chi connectivity index (χ0n) is 22.7. The lowest BCUT2D eigenvalue weighted by Gasteiger charge is -2.45. The van der Waals surface area contributed by atoms with Crippen LogP contribution in [-0.4, -0.2) is 124 Å². The van der Waals surface area contributed by atoms with Crippen molar-refractivity contribution in [3.63, 3.8) is 0 Å². The maximum Gasteiger partial charge on any atom is 0.239 e. The highest BCUT2D eigenvalue weighted by Crippen LogP contribution is 2.43. The fraction of sp³-hybridized carbons (Fsp3) is 0.444. The maximum atomic E-state index is 13.7. The van der Waals surface area contributed by atoms with E-state index in [4.69, 9.17) is 23.4 Å². The number of aromatic hydroxyl groups is 5. The molecule has 17 heteroatoms. The number of aliphatic hydroxyl groups excluding tert-OH is 6. The first-order valence-electron chi connectivity index (χ1n) is 13.2. The number of phenolic OH excluding ortho intramolecular Hbond substituents is 5. The molecule has 240 valence electrons. The van der Waals surface area contributed by atoms with Crippen LogP contribution in [0.25, 0.3) is 22.3 Å². The van der Waals surface area contributed by atoms with Gasteiger partial charge in [0.15, 0.2) is 35.4 Å². The Morgan fingerprint density at radius 1 is 0.773 bits per heavy atom. The van der Waals surface area contributed by atoms with Crippen molar-refractivity contribution in [1.29, 1.82) is 0 Å². The Morgan fingerprint density at radius 2 is 1.43 bits per heavy atom. The van der Waals surface area contributed by atoms with E-state index in [2.05, 4.69) is 0 Å². The number of aliphatic hydroxyl groups is 6. The van der Waals surface area contributed by atoms with Crippen LogP contribution in [0.2, 0.25) is 0 Å². The van der Waals surface area contributed by atoms with Crippen LogP contribution in [0.1, 0.15) is 6.92 Å². The lowest BCUT2D eigenvalue weighted by molar-refractivity contribution is -0.354. The third kappa shape index (κ3) is 5.45. The Bertz CT molecular complexity index is 1570. The van der Waals surface area contributed by atoms with Gasteiger partial charge in [-0.3, -0.25) is 4.79 Å². The van der Waals surface area contributed by atoms with Crippen LogP contribution in [0.3, 0.4) is 0 Å². The fourth-order valence-corrected chi connectivity index (χ4v) is 4.99. The van der Waals surface area contributed by atoms with E-state index in [-0.39, 0.29) is 11.1 Å². The first kappa shape index (κ1) is 31.5. The van der Waals surface area contributed by atoms with Gasteiger partial charge in [0.1, 0.15) is 59.1 Å². The molecule has 2 saturated heterocycles. The summed E-state index contributed by atoms with van der Waals surface area (Å²) in [6, 6.07) is 3.55. The molecule has 10 unspecified atom stereocenters. The van der Waals surface area contributed by atoms with Gasteiger partial charge in [-0.2, -0.15) is 0 Å². The average molecular weight is 627 g/mol. The molecule has 1 aromatic heterocycles. The van der Waals surface area contributed by atoms with Crippen molar-refractivity contribution in [2.24, 2.45) is 0 Å². The molecule has 5 rings (SSSR count). The molecular formula is C27H30O17. The van der Waals surface area contributed by atoms with Crippen LogP contribution in [0.5, 0.6) is 34.5 Å². The average Bonchev–Trinajstić information content (AvgIpc) is 2.97. The number of hydrogen-bond donors (Lipinski definition) is 11. The van der Waals surface area contributed by atoms with Crippen LogP contribution in [0, 0.1) is 0 Å². The van der Waals surface area contributed by atoms with Crippen LogP contribution in [-0.2, 0) is 14.2 Å². The molecule has 2 aliphatic rings. The van der Waals surface area contributed by atoms with Crippen LogP contribution in [0.15, 0.2) is 33.5 Å². The Balaban J connectivity index is 1.64. The van der Waals surface area contributed by atoms with E-state index >= 15 is 0 Å². The van der Waals surface area contributed by atoms with Gasteiger partial charge in [0.25, 0.3) is 0 Å². The molecule has 0 bridgehead atoms. The Labute approximate surface area is 246 Å². The van der Waals surface area contributed by atoms with Crippen molar-refractivity contribution in [2.75, 3.05) is 6.61 Å². The van der Waals surface area contributed by atoms with Crippen molar-refractivity contribution in [3.8, 4) is 45.8 Å². The van der Waals surface area contributed by atoms with Crippen LogP contribution < -0.4 is 10.2 Å². The van der Waals surface area contributed by atoms with E-state index in [1.54, 1.807) is 0 Å². The molecule has 2 aromatic carbocycles. The highest BCUT2D eigenvalue weighted by atomic mass is 16.8. The number of phenols is 5. The number of rotatable bonds is 6. The molecule has 3 aromatic rings. The van der Waals surface area contributed by atoms with Gasteiger partial charge in [0.2, 0.25) is 17.5 Å². The van der Waals surface area contributed by atoms with Gasteiger partial charge in [-0.25, -0.2) is 0 Å². The van der Waals surface area contributed by atoms with E-state index in [9.17, 15) is 61.0 Å². The van der Waals surface area contributed by atoms with E-state index in [1.807, 2.05) is 0 Å². The lowest BCUT2D eigenvalue weighted by atomic mass is 9.97. The largest absolute Gasteiger partial charge is 0.508 e. The van der Waals surface area contributed by atoms with Crippen LogP contribution >= 0.6 is 0 Å². The highest BCUT2D eigenvalue weighted by Gasteiger charge is 2.51. The van der Waals surface area contributed by atoms with Gasteiger partial charge in [-0.05, 0) is 19.1 Å². The molecule has 11 N–H and O–H groups in total. The topological polar surface area (TPSA) is 290 Å². The van der Waals surface area contributed by atoms with Gasteiger partial charge in [-0.1, -0.05) is 0 Å². The minimum atomic E-state index is -1.95. The van der Waals surface area contributed by atoms with Gasteiger partial charge in [0, 0.05) is 17.7 Å². The second-order valence-electron chi connectivity index (χ2n) is 10.4.